The average Bonchev–Trinajstić information content (AvgIpc) is 2.77. The van der Waals surface area contributed by atoms with Crippen molar-refractivity contribution in [2.45, 2.75) is 44.1 Å². The molecule has 1 heterocycles. The zero-order valence-corrected chi connectivity index (χ0v) is 18.0. The van der Waals surface area contributed by atoms with Gasteiger partial charge in [0.05, 0.1) is 10.9 Å². The Balaban J connectivity index is 1.68. The van der Waals surface area contributed by atoms with Crippen LogP contribution in [0.1, 0.15) is 53.6 Å². The summed E-state index contributed by atoms with van der Waals surface area (Å²) in [6.45, 7) is 0.0501. The van der Waals surface area contributed by atoms with E-state index in [0.717, 1.165) is 19.3 Å². The first kappa shape index (κ1) is 22.0. The summed E-state index contributed by atoms with van der Waals surface area (Å²) in [7, 11) is 0. The van der Waals surface area contributed by atoms with E-state index in [-0.39, 0.29) is 12.5 Å². The summed E-state index contributed by atoms with van der Waals surface area (Å²) < 4.78 is 14.7. The molecule has 1 saturated carbocycles. The second kappa shape index (κ2) is 8.74. The molecule has 3 aromatic rings. The Bertz CT molecular complexity index is 1260. The number of fused-ring (bicyclic) bond motifs is 1. The number of pyridine rings is 1. The van der Waals surface area contributed by atoms with Crippen LogP contribution in [0.2, 0.25) is 5.02 Å². The fourth-order valence-corrected chi connectivity index (χ4v) is 4.87. The van der Waals surface area contributed by atoms with E-state index in [1.807, 2.05) is 0 Å². The van der Waals surface area contributed by atoms with Crippen LogP contribution in [0.5, 0.6) is 0 Å². The van der Waals surface area contributed by atoms with Gasteiger partial charge in [0, 0.05) is 22.5 Å². The van der Waals surface area contributed by atoms with E-state index in [4.69, 9.17) is 11.6 Å². The Morgan fingerprint density at radius 2 is 1.84 bits per heavy atom. The molecule has 1 aromatic heterocycles. The number of aromatic nitrogens is 1. The van der Waals surface area contributed by atoms with Crippen LogP contribution in [-0.2, 0) is 16.8 Å². The van der Waals surface area contributed by atoms with Crippen molar-refractivity contribution in [3.8, 4) is 0 Å². The minimum absolute atomic E-state index is 0.0501. The molecule has 1 aliphatic rings. The van der Waals surface area contributed by atoms with Crippen LogP contribution in [0.4, 0.5) is 4.39 Å². The predicted molar refractivity (Wildman–Crippen MR) is 120 cm³/mol. The number of hydrogen-bond acceptors (Lipinski definition) is 3. The van der Waals surface area contributed by atoms with Crippen molar-refractivity contribution in [2.24, 2.45) is 0 Å². The number of nitrogens with one attached hydrogen (secondary N) is 2. The molecule has 166 valence electrons. The Morgan fingerprint density at radius 1 is 1.12 bits per heavy atom. The third-order valence-corrected chi connectivity index (χ3v) is 6.42. The molecular weight excluding hydrogens is 435 g/mol. The number of carboxylic acid groups (broad SMARTS) is 1. The number of carboxylic acids is 1. The lowest BCUT2D eigenvalue weighted by molar-refractivity contribution is -0.128. The van der Waals surface area contributed by atoms with Gasteiger partial charge in [-0.25, -0.2) is 9.18 Å². The maximum absolute atomic E-state index is 14.7. The Labute approximate surface area is 188 Å². The molecule has 0 aliphatic heterocycles. The Morgan fingerprint density at radius 3 is 2.53 bits per heavy atom. The first-order chi connectivity index (χ1) is 15.3. The third-order valence-electron chi connectivity index (χ3n) is 6.20. The van der Waals surface area contributed by atoms with Gasteiger partial charge in [0.1, 0.15) is 11.4 Å². The van der Waals surface area contributed by atoms with Gasteiger partial charge in [-0.3, -0.25) is 9.59 Å². The summed E-state index contributed by atoms with van der Waals surface area (Å²) in [4.78, 5) is 39.5. The van der Waals surface area contributed by atoms with Crippen LogP contribution in [0.15, 0.2) is 47.3 Å². The van der Waals surface area contributed by atoms with Crippen LogP contribution >= 0.6 is 11.6 Å². The quantitative estimate of drug-likeness (QED) is 0.525. The monoisotopic (exact) mass is 456 g/mol. The lowest BCUT2D eigenvalue weighted by Gasteiger charge is -2.36. The molecule has 0 unspecified atom stereocenters. The average molecular weight is 457 g/mol. The summed E-state index contributed by atoms with van der Waals surface area (Å²) in [5.41, 5.74) is -0.761. The first-order valence-electron chi connectivity index (χ1n) is 10.4. The van der Waals surface area contributed by atoms with Crippen LogP contribution in [-0.4, -0.2) is 22.0 Å². The molecule has 0 radical (unpaired) electrons. The first-order valence-corrected chi connectivity index (χ1v) is 10.8. The maximum atomic E-state index is 14.7. The SMILES string of the molecule is O=C(O)c1cc2cc(Cl)cc(CNC(=O)C3(c4ccccc4F)CCCCC3)c2[nH]c1=O. The second-order valence-electron chi connectivity index (χ2n) is 8.15. The highest BCUT2D eigenvalue weighted by molar-refractivity contribution is 6.31. The minimum atomic E-state index is -1.34. The summed E-state index contributed by atoms with van der Waals surface area (Å²) >= 11 is 6.20. The van der Waals surface area contributed by atoms with Gasteiger partial charge in [-0.1, -0.05) is 49.1 Å². The van der Waals surface area contributed by atoms with Gasteiger partial charge in [0.15, 0.2) is 0 Å². The number of carbonyl (C=O) groups is 2. The lowest BCUT2D eigenvalue weighted by atomic mass is 9.68. The van der Waals surface area contributed by atoms with Gasteiger partial charge >= 0.3 is 5.97 Å². The molecule has 0 spiro atoms. The van der Waals surface area contributed by atoms with Crippen molar-refractivity contribution in [1.82, 2.24) is 10.3 Å². The van der Waals surface area contributed by atoms with Gasteiger partial charge in [-0.2, -0.15) is 0 Å². The number of amides is 1. The van der Waals surface area contributed by atoms with Gasteiger partial charge in [0.25, 0.3) is 5.56 Å². The van der Waals surface area contributed by atoms with E-state index >= 15 is 0 Å². The molecule has 4 rings (SSSR count). The lowest BCUT2D eigenvalue weighted by Crippen LogP contribution is -2.46. The fraction of sp³-hybridized carbons (Fsp3) is 0.292. The number of H-pyrrole nitrogens is 1. The van der Waals surface area contributed by atoms with Crippen molar-refractivity contribution in [3.63, 3.8) is 0 Å². The smallest absolute Gasteiger partial charge is 0.341 e. The standard InChI is InChI=1S/C24H22ClFN2O4/c25-16-10-14-12-17(22(30)31)21(29)28-20(14)15(11-16)13-27-23(32)24(8-4-1-5-9-24)18-6-2-3-7-19(18)26/h2-3,6-7,10-12H,1,4-5,8-9,13H2,(H,27,32)(H,28,29)(H,30,31). The van der Waals surface area contributed by atoms with Gasteiger partial charge in [0.2, 0.25) is 5.91 Å². The van der Waals surface area contributed by atoms with E-state index in [9.17, 15) is 23.9 Å². The molecule has 0 bridgehead atoms. The highest BCUT2D eigenvalue weighted by atomic mass is 35.5. The predicted octanol–water partition coefficient (Wildman–Crippen LogP) is 4.54. The van der Waals surface area contributed by atoms with Crippen molar-refractivity contribution in [1.29, 1.82) is 0 Å². The molecule has 3 N–H and O–H groups in total. The van der Waals surface area contributed by atoms with Gasteiger partial charge in [-0.05, 0) is 42.7 Å². The topological polar surface area (TPSA) is 99.3 Å². The molecule has 8 heteroatoms. The van der Waals surface area contributed by atoms with E-state index in [0.29, 0.717) is 39.9 Å². The molecule has 0 atom stereocenters. The summed E-state index contributed by atoms with van der Waals surface area (Å²) in [6.07, 6.45) is 3.75. The summed E-state index contributed by atoms with van der Waals surface area (Å²) in [6, 6.07) is 10.8. The molecule has 1 aliphatic carbocycles. The fourth-order valence-electron chi connectivity index (χ4n) is 4.62. The second-order valence-corrected chi connectivity index (χ2v) is 8.59. The largest absolute Gasteiger partial charge is 0.477 e. The van der Waals surface area contributed by atoms with E-state index in [1.54, 1.807) is 30.3 Å². The molecule has 2 aromatic carbocycles. The summed E-state index contributed by atoms with van der Waals surface area (Å²) in [5.74, 6) is -2.02. The van der Waals surface area contributed by atoms with Crippen LogP contribution in [0.3, 0.4) is 0 Å². The highest BCUT2D eigenvalue weighted by Crippen LogP contribution is 2.41. The number of carbonyl (C=O) groups excluding carboxylic acids is 1. The van der Waals surface area contributed by atoms with E-state index < -0.39 is 28.3 Å². The molecular formula is C24H22ClFN2O4. The molecule has 1 fully saturated rings. The number of benzene rings is 2. The zero-order chi connectivity index (χ0) is 22.9. The molecule has 32 heavy (non-hydrogen) atoms. The van der Waals surface area contributed by atoms with E-state index in [2.05, 4.69) is 10.3 Å². The van der Waals surface area contributed by atoms with Crippen molar-refractivity contribution in [3.05, 3.63) is 80.3 Å². The molecule has 1 amide bonds. The number of hydrogen-bond donors (Lipinski definition) is 3. The number of halogens is 2. The molecule has 0 saturated heterocycles. The Hall–Kier alpha value is -3.19. The Kier molecular flexibility index (Phi) is 6.02. The van der Waals surface area contributed by atoms with Crippen LogP contribution < -0.4 is 10.9 Å². The third kappa shape index (κ3) is 4.00. The molecule has 6 nitrogen and oxygen atoms in total. The normalized spacial score (nSPS) is 15.4. The summed E-state index contributed by atoms with van der Waals surface area (Å²) in [5, 5.41) is 12.9. The number of aromatic amines is 1. The van der Waals surface area contributed by atoms with Gasteiger partial charge < -0.3 is 15.4 Å². The van der Waals surface area contributed by atoms with Crippen molar-refractivity contribution >= 4 is 34.4 Å². The van der Waals surface area contributed by atoms with E-state index in [1.165, 1.54) is 12.1 Å². The minimum Gasteiger partial charge on any atom is -0.477 e. The van der Waals surface area contributed by atoms with Crippen LogP contribution in [0.25, 0.3) is 10.9 Å². The number of aromatic carboxylic acids is 1. The zero-order valence-electron chi connectivity index (χ0n) is 17.2. The van der Waals surface area contributed by atoms with Crippen LogP contribution in [0, 0.1) is 5.82 Å². The number of rotatable bonds is 5. The highest BCUT2D eigenvalue weighted by Gasteiger charge is 2.42. The van der Waals surface area contributed by atoms with Crippen molar-refractivity contribution in [2.75, 3.05) is 0 Å². The maximum Gasteiger partial charge on any atom is 0.341 e. The van der Waals surface area contributed by atoms with Crippen molar-refractivity contribution < 1.29 is 19.1 Å². The van der Waals surface area contributed by atoms with Gasteiger partial charge in [-0.15, -0.1) is 0 Å².